The molecule has 0 bridgehead atoms. The standard InChI is InChI=1S/C14H16F3N3/c1-3-11-19-12(13(18)20(11)4-2)9-5-7-10(8-6-9)14(15,16)17/h5-8H,3-4,18H2,1-2H3. The largest absolute Gasteiger partial charge is 0.416 e. The number of benzene rings is 1. The Morgan fingerprint density at radius 2 is 1.75 bits per heavy atom. The number of hydrogen-bond acceptors (Lipinski definition) is 2. The van der Waals surface area contributed by atoms with Crippen LogP contribution in [0.5, 0.6) is 0 Å². The molecule has 1 aromatic heterocycles. The van der Waals surface area contributed by atoms with Gasteiger partial charge in [0.05, 0.1) is 5.56 Å². The van der Waals surface area contributed by atoms with E-state index in [1.54, 1.807) is 0 Å². The molecule has 0 aliphatic heterocycles. The van der Waals surface area contributed by atoms with E-state index in [1.165, 1.54) is 12.1 Å². The van der Waals surface area contributed by atoms with Crippen LogP contribution in [0.4, 0.5) is 19.0 Å². The number of imidazole rings is 1. The number of nitrogen functional groups attached to an aromatic ring is 1. The number of alkyl halides is 3. The second-order valence-corrected chi connectivity index (χ2v) is 4.43. The van der Waals surface area contributed by atoms with Crippen LogP contribution in [0.15, 0.2) is 24.3 Å². The average molecular weight is 283 g/mol. The summed E-state index contributed by atoms with van der Waals surface area (Å²) in [7, 11) is 0. The van der Waals surface area contributed by atoms with Crippen LogP contribution in [0.3, 0.4) is 0 Å². The molecule has 0 radical (unpaired) electrons. The minimum Gasteiger partial charge on any atom is -0.383 e. The molecule has 6 heteroatoms. The summed E-state index contributed by atoms with van der Waals surface area (Å²) < 4.78 is 39.5. The predicted octanol–water partition coefficient (Wildman–Crippen LogP) is 3.73. The molecule has 0 atom stereocenters. The Morgan fingerprint density at radius 1 is 1.15 bits per heavy atom. The lowest BCUT2D eigenvalue weighted by Gasteiger charge is -2.07. The van der Waals surface area contributed by atoms with Crippen LogP contribution in [0.25, 0.3) is 11.3 Å². The molecule has 0 amide bonds. The van der Waals surface area contributed by atoms with Crippen molar-refractivity contribution >= 4 is 5.82 Å². The van der Waals surface area contributed by atoms with Crippen LogP contribution < -0.4 is 5.73 Å². The molecule has 1 aromatic carbocycles. The van der Waals surface area contributed by atoms with Crippen LogP contribution in [0.2, 0.25) is 0 Å². The monoisotopic (exact) mass is 283 g/mol. The Hall–Kier alpha value is -1.98. The molecule has 2 N–H and O–H groups in total. The average Bonchev–Trinajstić information content (AvgIpc) is 2.74. The second kappa shape index (κ2) is 5.19. The van der Waals surface area contributed by atoms with Crippen molar-refractivity contribution in [1.29, 1.82) is 0 Å². The van der Waals surface area contributed by atoms with E-state index in [2.05, 4.69) is 4.98 Å². The Bertz CT molecular complexity index is 597. The summed E-state index contributed by atoms with van der Waals surface area (Å²) in [6.45, 7) is 4.60. The van der Waals surface area contributed by atoms with Gasteiger partial charge in [0.25, 0.3) is 0 Å². The van der Waals surface area contributed by atoms with Crippen LogP contribution in [0, 0.1) is 0 Å². The van der Waals surface area contributed by atoms with Gasteiger partial charge in [0, 0.05) is 18.5 Å². The zero-order chi connectivity index (χ0) is 14.9. The number of rotatable bonds is 3. The smallest absolute Gasteiger partial charge is 0.383 e. The highest BCUT2D eigenvalue weighted by Crippen LogP contribution is 2.32. The number of aromatic nitrogens is 2. The minimum atomic E-state index is -4.33. The van der Waals surface area contributed by atoms with Gasteiger partial charge >= 0.3 is 6.18 Å². The van der Waals surface area contributed by atoms with Crippen molar-refractivity contribution in [2.75, 3.05) is 5.73 Å². The van der Waals surface area contributed by atoms with Crippen molar-refractivity contribution < 1.29 is 13.2 Å². The Labute approximate surface area is 115 Å². The molecule has 0 saturated carbocycles. The molecule has 20 heavy (non-hydrogen) atoms. The maximum Gasteiger partial charge on any atom is 0.416 e. The molecule has 2 rings (SSSR count). The predicted molar refractivity (Wildman–Crippen MR) is 72.1 cm³/mol. The molecule has 0 unspecified atom stereocenters. The second-order valence-electron chi connectivity index (χ2n) is 4.43. The van der Waals surface area contributed by atoms with Gasteiger partial charge in [-0.3, -0.25) is 0 Å². The van der Waals surface area contributed by atoms with Gasteiger partial charge in [-0.2, -0.15) is 13.2 Å². The molecular formula is C14H16F3N3. The van der Waals surface area contributed by atoms with Crippen molar-refractivity contribution in [3.63, 3.8) is 0 Å². The number of aryl methyl sites for hydroxylation is 1. The van der Waals surface area contributed by atoms with Gasteiger partial charge in [-0.25, -0.2) is 4.98 Å². The van der Waals surface area contributed by atoms with Gasteiger partial charge in [0.15, 0.2) is 0 Å². The summed E-state index contributed by atoms with van der Waals surface area (Å²) in [5, 5.41) is 0. The number of nitrogens with zero attached hydrogens (tertiary/aromatic N) is 2. The van der Waals surface area contributed by atoms with E-state index in [0.29, 0.717) is 23.6 Å². The summed E-state index contributed by atoms with van der Waals surface area (Å²) >= 11 is 0. The summed E-state index contributed by atoms with van der Waals surface area (Å²) in [6, 6.07) is 4.90. The molecule has 0 aliphatic rings. The van der Waals surface area contributed by atoms with E-state index in [4.69, 9.17) is 5.73 Å². The third kappa shape index (κ3) is 2.50. The number of hydrogen-bond donors (Lipinski definition) is 1. The SMILES string of the molecule is CCc1nc(-c2ccc(C(F)(F)F)cc2)c(N)n1CC. The lowest BCUT2D eigenvalue weighted by atomic mass is 10.1. The Kier molecular flexibility index (Phi) is 3.74. The van der Waals surface area contributed by atoms with Crippen molar-refractivity contribution in [2.24, 2.45) is 0 Å². The first-order chi connectivity index (χ1) is 9.38. The normalized spacial score (nSPS) is 11.8. The first-order valence-corrected chi connectivity index (χ1v) is 6.41. The van der Waals surface area contributed by atoms with Gasteiger partial charge in [-0.1, -0.05) is 19.1 Å². The molecule has 0 aliphatic carbocycles. The topological polar surface area (TPSA) is 43.8 Å². The fourth-order valence-corrected chi connectivity index (χ4v) is 2.17. The molecule has 108 valence electrons. The fraction of sp³-hybridized carbons (Fsp3) is 0.357. The summed E-state index contributed by atoms with van der Waals surface area (Å²) in [5.74, 6) is 1.32. The van der Waals surface area contributed by atoms with Gasteiger partial charge in [-0.05, 0) is 19.1 Å². The third-order valence-corrected chi connectivity index (χ3v) is 3.20. The van der Waals surface area contributed by atoms with Crippen molar-refractivity contribution in [3.05, 3.63) is 35.7 Å². The highest BCUT2D eigenvalue weighted by Gasteiger charge is 2.30. The molecule has 0 fully saturated rings. The minimum absolute atomic E-state index is 0.490. The maximum atomic E-state index is 12.5. The first-order valence-electron chi connectivity index (χ1n) is 6.41. The van der Waals surface area contributed by atoms with Gasteiger partial charge in [-0.15, -0.1) is 0 Å². The van der Waals surface area contributed by atoms with Gasteiger partial charge in [0.2, 0.25) is 0 Å². The summed E-state index contributed by atoms with van der Waals surface area (Å²) in [6.07, 6.45) is -3.61. The highest BCUT2D eigenvalue weighted by molar-refractivity contribution is 5.71. The van der Waals surface area contributed by atoms with Crippen LogP contribution in [0.1, 0.15) is 25.2 Å². The Morgan fingerprint density at radius 3 is 2.15 bits per heavy atom. The maximum absolute atomic E-state index is 12.5. The van der Waals surface area contributed by atoms with E-state index in [0.717, 1.165) is 24.4 Å². The van der Waals surface area contributed by atoms with Gasteiger partial charge < -0.3 is 10.3 Å². The summed E-state index contributed by atoms with van der Waals surface area (Å²) in [5.41, 5.74) is 6.48. The number of halogens is 3. The molecule has 2 aromatic rings. The van der Waals surface area contributed by atoms with E-state index in [-0.39, 0.29) is 0 Å². The molecular weight excluding hydrogens is 267 g/mol. The van der Waals surface area contributed by atoms with Crippen molar-refractivity contribution in [3.8, 4) is 11.3 Å². The third-order valence-electron chi connectivity index (χ3n) is 3.20. The van der Waals surface area contributed by atoms with Crippen LogP contribution >= 0.6 is 0 Å². The lowest BCUT2D eigenvalue weighted by Crippen LogP contribution is -2.05. The quantitative estimate of drug-likeness (QED) is 0.932. The zero-order valence-corrected chi connectivity index (χ0v) is 11.3. The molecule has 0 spiro atoms. The molecule has 0 saturated heterocycles. The van der Waals surface area contributed by atoms with E-state index in [1.807, 2.05) is 18.4 Å². The van der Waals surface area contributed by atoms with E-state index >= 15 is 0 Å². The lowest BCUT2D eigenvalue weighted by molar-refractivity contribution is -0.137. The van der Waals surface area contributed by atoms with Crippen molar-refractivity contribution in [2.45, 2.75) is 33.0 Å². The molecule has 3 nitrogen and oxygen atoms in total. The van der Waals surface area contributed by atoms with Crippen LogP contribution in [-0.4, -0.2) is 9.55 Å². The number of anilines is 1. The van der Waals surface area contributed by atoms with E-state index < -0.39 is 11.7 Å². The van der Waals surface area contributed by atoms with Crippen LogP contribution in [-0.2, 0) is 19.1 Å². The van der Waals surface area contributed by atoms with Gasteiger partial charge in [0.1, 0.15) is 17.3 Å². The zero-order valence-electron chi connectivity index (χ0n) is 11.3. The van der Waals surface area contributed by atoms with Crippen molar-refractivity contribution in [1.82, 2.24) is 9.55 Å². The fourth-order valence-electron chi connectivity index (χ4n) is 2.17. The summed E-state index contributed by atoms with van der Waals surface area (Å²) in [4.78, 5) is 4.42. The highest BCUT2D eigenvalue weighted by atomic mass is 19.4. The first kappa shape index (κ1) is 14.4. The number of nitrogens with two attached hydrogens (primary N) is 1. The molecule has 1 heterocycles. The van der Waals surface area contributed by atoms with E-state index in [9.17, 15) is 13.2 Å². The Balaban J connectivity index is 2.44.